The molecule has 1 unspecified atom stereocenters. The summed E-state index contributed by atoms with van der Waals surface area (Å²) < 4.78 is 5.60. The molecule has 2 aromatic rings. The number of rotatable bonds is 9. The number of hydrogen-bond donors (Lipinski definition) is 2. The molecule has 182 valence electrons. The van der Waals surface area contributed by atoms with E-state index in [0.29, 0.717) is 45.1 Å². The molecule has 2 amide bonds. The summed E-state index contributed by atoms with van der Waals surface area (Å²) in [5.74, 6) is -1.56. The van der Waals surface area contributed by atoms with Gasteiger partial charge in [-0.1, -0.05) is 48.5 Å². The summed E-state index contributed by atoms with van der Waals surface area (Å²) >= 11 is 0. The lowest BCUT2D eigenvalue weighted by Crippen LogP contribution is -2.51. The molecule has 8 heteroatoms. The molecule has 35 heavy (non-hydrogen) atoms. The molecule has 1 aliphatic heterocycles. The van der Waals surface area contributed by atoms with Crippen molar-refractivity contribution in [2.45, 2.75) is 56.5 Å². The third-order valence-electron chi connectivity index (χ3n) is 6.79. The minimum atomic E-state index is -1.04. The maximum atomic E-state index is 13.2. The van der Waals surface area contributed by atoms with Gasteiger partial charge in [-0.15, -0.1) is 0 Å². The van der Waals surface area contributed by atoms with Gasteiger partial charge in [0.15, 0.2) is 0 Å². The minimum Gasteiger partial charge on any atom is -0.480 e. The molecule has 2 atom stereocenters. The number of carboxylic acid groups (broad SMARTS) is 1. The van der Waals surface area contributed by atoms with Crippen LogP contribution in [0.4, 0.5) is 4.79 Å². The van der Waals surface area contributed by atoms with Crippen LogP contribution in [-0.2, 0) is 14.3 Å². The Bertz CT molecular complexity index is 1100. The molecule has 0 radical (unpaired) electrons. The number of alkyl carbamates (subject to hydrolysis) is 1. The van der Waals surface area contributed by atoms with Crippen LogP contribution in [0, 0.1) is 11.3 Å². The quantitative estimate of drug-likeness (QED) is 0.528. The number of likely N-dealkylation sites (tertiary alicyclic amines) is 1. The van der Waals surface area contributed by atoms with Crippen LogP contribution in [0.25, 0.3) is 11.1 Å². The second-order valence-corrected chi connectivity index (χ2v) is 8.95. The Hall–Kier alpha value is -3.86. The van der Waals surface area contributed by atoms with Crippen LogP contribution >= 0.6 is 0 Å². The fourth-order valence-corrected chi connectivity index (χ4v) is 5.08. The van der Waals surface area contributed by atoms with Gasteiger partial charge in [-0.05, 0) is 54.4 Å². The Morgan fingerprint density at radius 1 is 1.09 bits per heavy atom. The molecular formula is C27H29N3O5. The first-order chi connectivity index (χ1) is 17.0. The van der Waals surface area contributed by atoms with Crippen LogP contribution in [0.3, 0.4) is 0 Å². The minimum absolute atomic E-state index is 0.104. The third kappa shape index (κ3) is 5.29. The number of carboxylic acids is 1. The van der Waals surface area contributed by atoms with E-state index in [9.17, 15) is 19.5 Å². The normalized spacial score (nSPS) is 17.2. The molecule has 2 N–H and O–H groups in total. The molecule has 1 saturated heterocycles. The van der Waals surface area contributed by atoms with E-state index < -0.39 is 30.1 Å². The summed E-state index contributed by atoms with van der Waals surface area (Å²) in [7, 11) is 0. The molecule has 1 aliphatic carbocycles. The highest BCUT2D eigenvalue weighted by Gasteiger charge is 2.38. The number of aliphatic carboxylic acids is 1. The van der Waals surface area contributed by atoms with Gasteiger partial charge in [-0.25, -0.2) is 9.59 Å². The Morgan fingerprint density at radius 3 is 2.37 bits per heavy atom. The van der Waals surface area contributed by atoms with Crippen molar-refractivity contribution in [3.05, 3.63) is 59.7 Å². The zero-order chi connectivity index (χ0) is 24.8. The summed E-state index contributed by atoms with van der Waals surface area (Å²) in [6.45, 7) is 0.466. The lowest BCUT2D eigenvalue weighted by molar-refractivity contribution is -0.149. The van der Waals surface area contributed by atoms with E-state index in [2.05, 4.69) is 23.5 Å². The van der Waals surface area contributed by atoms with Gasteiger partial charge in [-0.3, -0.25) is 4.79 Å². The predicted octanol–water partition coefficient (Wildman–Crippen LogP) is 4.05. The first-order valence-corrected chi connectivity index (χ1v) is 12.0. The average molecular weight is 476 g/mol. The largest absolute Gasteiger partial charge is 0.480 e. The van der Waals surface area contributed by atoms with Gasteiger partial charge in [0.2, 0.25) is 5.91 Å². The summed E-state index contributed by atoms with van der Waals surface area (Å²) in [6, 6.07) is 16.3. The van der Waals surface area contributed by atoms with Crippen LogP contribution < -0.4 is 5.32 Å². The van der Waals surface area contributed by atoms with Crippen molar-refractivity contribution >= 4 is 18.0 Å². The molecule has 2 aliphatic rings. The van der Waals surface area contributed by atoms with Crippen molar-refractivity contribution in [3.8, 4) is 17.2 Å². The van der Waals surface area contributed by atoms with E-state index in [1.807, 2.05) is 36.4 Å². The molecule has 0 saturated carbocycles. The van der Waals surface area contributed by atoms with Gasteiger partial charge in [0.1, 0.15) is 18.7 Å². The molecule has 0 aromatic heterocycles. The van der Waals surface area contributed by atoms with E-state index in [0.717, 1.165) is 22.3 Å². The summed E-state index contributed by atoms with van der Waals surface area (Å²) in [5.41, 5.74) is 4.42. The van der Waals surface area contributed by atoms with Crippen molar-refractivity contribution in [2.75, 3.05) is 13.2 Å². The van der Waals surface area contributed by atoms with Crippen LogP contribution in [0.5, 0.6) is 0 Å². The summed E-state index contributed by atoms with van der Waals surface area (Å²) in [5, 5.41) is 20.9. The molecule has 2 aromatic carbocycles. The second-order valence-electron chi connectivity index (χ2n) is 8.95. The molecule has 4 rings (SSSR count). The van der Waals surface area contributed by atoms with Crippen molar-refractivity contribution in [1.82, 2.24) is 10.2 Å². The molecule has 1 fully saturated rings. The average Bonchev–Trinajstić information content (AvgIpc) is 3.48. The Kier molecular flexibility index (Phi) is 7.66. The lowest BCUT2D eigenvalue weighted by Gasteiger charge is -2.27. The number of nitrogens with zero attached hydrogens (tertiary/aromatic N) is 2. The van der Waals surface area contributed by atoms with Crippen molar-refractivity contribution in [1.29, 1.82) is 5.26 Å². The van der Waals surface area contributed by atoms with Crippen LogP contribution in [0.15, 0.2) is 48.5 Å². The number of ether oxygens (including phenoxy) is 1. The molecular weight excluding hydrogens is 446 g/mol. The molecule has 0 bridgehead atoms. The maximum absolute atomic E-state index is 13.2. The second kappa shape index (κ2) is 11.0. The fraction of sp³-hybridized carbons (Fsp3) is 0.407. The van der Waals surface area contributed by atoms with Gasteiger partial charge in [0.25, 0.3) is 0 Å². The topological polar surface area (TPSA) is 120 Å². The predicted molar refractivity (Wildman–Crippen MR) is 128 cm³/mol. The monoisotopic (exact) mass is 475 g/mol. The maximum Gasteiger partial charge on any atom is 0.407 e. The standard InChI is InChI=1S/C27H29N3O5/c28-15-7-1-2-13-23(25(31)30-16-8-14-24(30)26(32)33)29-27(34)35-17-22-20-11-5-3-9-18(20)19-10-4-6-12-21(19)22/h3-6,9-12,22-24H,1-2,7-8,13-14,16-17H2,(H,29,34)(H,32,33)/t23?,24-/m0/s1. The Labute approximate surface area is 204 Å². The van der Waals surface area contributed by atoms with Gasteiger partial charge < -0.3 is 20.1 Å². The highest BCUT2D eigenvalue weighted by molar-refractivity contribution is 5.89. The molecule has 8 nitrogen and oxygen atoms in total. The summed E-state index contributed by atoms with van der Waals surface area (Å²) in [6.07, 6.45) is 2.11. The first-order valence-electron chi connectivity index (χ1n) is 12.0. The highest BCUT2D eigenvalue weighted by Crippen LogP contribution is 2.44. The number of nitrogens with one attached hydrogen (secondary N) is 1. The van der Waals surface area contributed by atoms with Crippen LogP contribution in [-0.4, -0.2) is 53.2 Å². The van der Waals surface area contributed by atoms with E-state index in [1.54, 1.807) is 0 Å². The fourth-order valence-electron chi connectivity index (χ4n) is 5.08. The van der Waals surface area contributed by atoms with Gasteiger partial charge in [0, 0.05) is 18.9 Å². The zero-order valence-corrected chi connectivity index (χ0v) is 19.5. The van der Waals surface area contributed by atoms with E-state index in [1.165, 1.54) is 4.90 Å². The SMILES string of the molecule is N#CCCCCC(NC(=O)OCC1c2ccccc2-c2ccccc21)C(=O)N1CCC[C@H]1C(=O)O. The van der Waals surface area contributed by atoms with Crippen LogP contribution in [0.1, 0.15) is 55.6 Å². The zero-order valence-electron chi connectivity index (χ0n) is 19.5. The van der Waals surface area contributed by atoms with E-state index in [4.69, 9.17) is 10.00 Å². The molecule has 1 heterocycles. The van der Waals surface area contributed by atoms with Crippen molar-refractivity contribution in [3.63, 3.8) is 0 Å². The lowest BCUT2D eigenvalue weighted by atomic mass is 9.98. The van der Waals surface area contributed by atoms with Gasteiger partial charge in [0.05, 0.1) is 6.07 Å². The van der Waals surface area contributed by atoms with Crippen molar-refractivity contribution in [2.24, 2.45) is 0 Å². The van der Waals surface area contributed by atoms with Crippen LogP contribution in [0.2, 0.25) is 0 Å². The number of unbranched alkanes of at least 4 members (excludes halogenated alkanes) is 2. The number of amides is 2. The third-order valence-corrected chi connectivity index (χ3v) is 6.79. The number of nitriles is 1. The van der Waals surface area contributed by atoms with E-state index in [-0.39, 0.29) is 12.5 Å². The number of hydrogen-bond acceptors (Lipinski definition) is 5. The Balaban J connectivity index is 1.43. The number of carbonyl (C=O) groups is 3. The van der Waals surface area contributed by atoms with Gasteiger partial charge in [-0.2, -0.15) is 5.26 Å². The Morgan fingerprint density at radius 2 is 1.74 bits per heavy atom. The number of fused-ring (bicyclic) bond motifs is 3. The number of carbonyl (C=O) groups excluding carboxylic acids is 2. The summed E-state index contributed by atoms with van der Waals surface area (Å²) in [4.78, 5) is 38.9. The first kappa shape index (κ1) is 24.3. The van der Waals surface area contributed by atoms with Crippen molar-refractivity contribution < 1.29 is 24.2 Å². The number of benzene rings is 2. The molecule has 0 spiro atoms. The highest BCUT2D eigenvalue weighted by atomic mass is 16.5. The van der Waals surface area contributed by atoms with Gasteiger partial charge >= 0.3 is 12.1 Å². The smallest absolute Gasteiger partial charge is 0.407 e. The van der Waals surface area contributed by atoms with E-state index >= 15 is 0 Å².